The van der Waals surface area contributed by atoms with E-state index in [1.165, 1.54) is 11.3 Å². The molecule has 1 heterocycles. The molecule has 0 aromatic heterocycles. The number of nitrogens with zero attached hydrogens (tertiary/aromatic N) is 2. The average Bonchev–Trinajstić information content (AvgIpc) is 2.69. The van der Waals surface area contributed by atoms with Crippen LogP contribution in [0.3, 0.4) is 0 Å². The van der Waals surface area contributed by atoms with Crippen LogP contribution >= 0.6 is 0 Å². The molecule has 0 spiro atoms. The third-order valence-corrected chi connectivity index (χ3v) is 5.40. The predicted octanol–water partition coefficient (Wildman–Crippen LogP) is 4.34. The summed E-state index contributed by atoms with van der Waals surface area (Å²) in [5, 5.41) is 9.42. The minimum absolute atomic E-state index is 0.0689. The van der Waals surface area contributed by atoms with Crippen LogP contribution in [0.4, 0.5) is 5.69 Å². The molecule has 0 amide bonds. The Morgan fingerprint density at radius 1 is 1.10 bits per heavy atom. The summed E-state index contributed by atoms with van der Waals surface area (Å²) in [6, 6.07) is 16.9. The minimum atomic E-state index is -0.772. The molecule has 29 heavy (non-hydrogen) atoms. The normalized spacial score (nSPS) is 15.1. The van der Waals surface area contributed by atoms with E-state index in [0.717, 1.165) is 37.2 Å². The molecule has 1 N–H and O–H groups in total. The summed E-state index contributed by atoms with van der Waals surface area (Å²) in [5.41, 5.74) is 3.63. The lowest BCUT2D eigenvalue weighted by Crippen LogP contribution is -2.46. The third-order valence-electron chi connectivity index (χ3n) is 5.40. The number of carbonyl (C=O) groups is 1. The molecule has 0 atom stereocenters. The van der Waals surface area contributed by atoms with Gasteiger partial charge in [0.1, 0.15) is 5.75 Å². The molecule has 3 rings (SSSR count). The Bertz CT molecular complexity index is 779. The van der Waals surface area contributed by atoms with Crippen molar-refractivity contribution < 1.29 is 14.6 Å². The second-order valence-electron chi connectivity index (χ2n) is 8.16. The second kappa shape index (κ2) is 9.79. The average molecular weight is 397 g/mol. The van der Waals surface area contributed by atoms with Gasteiger partial charge in [0.15, 0.2) is 0 Å². The van der Waals surface area contributed by atoms with Crippen LogP contribution in [0.1, 0.15) is 37.8 Å². The standard InChI is InChI=1S/C24H32N2O3/c1-18(2)29-23-10-6-20(7-11-23)16-26(17-24(27)28)22-12-14-25(15-13-22)21-8-4-19(3)5-9-21/h4-11,18,22H,12-17H2,1-3H3,(H,27,28). The van der Waals surface area contributed by atoms with E-state index < -0.39 is 5.97 Å². The first-order chi connectivity index (χ1) is 13.9. The molecular formula is C24H32N2O3. The summed E-state index contributed by atoms with van der Waals surface area (Å²) in [6.45, 7) is 8.72. The van der Waals surface area contributed by atoms with E-state index in [1.807, 2.05) is 38.1 Å². The lowest BCUT2D eigenvalue weighted by atomic mass is 10.0. The molecule has 1 aliphatic heterocycles. The summed E-state index contributed by atoms with van der Waals surface area (Å²) >= 11 is 0. The van der Waals surface area contributed by atoms with Crippen LogP contribution in [0.2, 0.25) is 0 Å². The number of rotatable bonds is 8. The monoisotopic (exact) mass is 396 g/mol. The Morgan fingerprint density at radius 3 is 2.28 bits per heavy atom. The number of hydrogen-bond acceptors (Lipinski definition) is 4. The van der Waals surface area contributed by atoms with Crippen molar-refractivity contribution in [1.82, 2.24) is 4.90 Å². The van der Waals surface area contributed by atoms with Gasteiger partial charge in [0.2, 0.25) is 0 Å². The molecule has 5 nitrogen and oxygen atoms in total. The fourth-order valence-electron chi connectivity index (χ4n) is 3.91. The van der Waals surface area contributed by atoms with Crippen LogP contribution in [0, 0.1) is 6.92 Å². The number of aryl methyl sites for hydroxylation is 1. The Hall–Kier alpha value is -2.53. The quantitative estimate of drug-likeness (QED) is 0.719. The van der Waals surface area contributed by atoms with Gasteiger partial charge in [0, 0.05) is 31.4 Å². The number of ether oxygens (including phenoxy) is 1. The number of benzene rings is 2. The van der Waals surface area contributed by atoms with E-state index in [2.05, 4.69) is 41.0 Å². The maximum Gasteiger partial charge on any atom is 0.317 e. The van der Waals surface area contributed by atoms with Gasteiger partial charge in [-0.25, -0.2) is 0 Å². The smallest absolute Gasteiger partial charge is 0.317 e. The fourth-order valence-corrected chi connectivity index (χ4v) is 3.91. The van der Waals surface area contributed by atoms with Crippen molar-refractivity contribution in [3.05, 3.63) is 59.7 Å². The number of piperidine rings is 1. The molecule has 1 aliphatic rings. The molecule has 2 aromatic rings. The highest BCUT2D eigenvalue weighted by Gasteiger charge is 2.26. The van der Waals surface area contributed by atoms with Crippen molar-refractivity contribution in [2.24, 2.45) is 0 Å². The van der Waals surface area contributed by atoms with Crippen LogP contribution in [-0.4, -0.2) is 47.8 Å². The van der Waals surface area contributed by atoms with Gasteiger partial charge in [-0.1, -0.05) is 29.8 Å². The Kier molecular flexibility index (Phi) is 7.15. The van der Waals surface area contributed by atoms with Crippen molar-refractivity contribution in [3.63, 3.8) is 0 Å². The first kappa shape index (κ1) is 21.2. The zero-order valence-corrected chi connectivity index (χ0v) is 17.7. The van der Waals surface area contributed by atoms with Crippen LogP contribution in [0.15, 0.2) is 48.5 Å². The van der Waals surface area contributed by atoms with Gasteiger partial charge in [-0.2, -0.15) is 0 Å². The van der Waals surface area contributed by atoms with E-state index in [0.29, 0.717) is 6.54 Å². The van der Waals surface area contributed by atoms with E-state index >= 15 is 0 Å². The summed E-state index contributed by atoms with van der Waals surface area (Å²) in [4.78, 5) is 16.0. The van der Waals surface area contributed by atoms with Crippen molar-refractivity contribution >= 4 is 11.7 Å². The van der Waals surface area contributed by atoms with E-state index in [-0.39, 0.29) is 18.7 Å². The highest BCUT2D eigenvalue weighted by Crippen LogP contribution is 2.24. The SMILES string of the molecule is Cc1ccc(N2CCC(N(CC(=O)O)Cc3ccc(OC(C)C)cc3)CC2)cc1. The molecule has 0 saturated carbocycles. The zero-order valence-electron chi connectivity index (χ0n) is 17.7. The van der Waals surface area contributed by atoms with Crippen LogP contribution in [0.25, 0.3) is 0 Å². The maximum absolute atomic E-state index is 11.5. The molecule has 2 aromatic carbocycles. The number of carboxylic acids is 1. The second-order valence-corrected chi connectivity index (χ2v) is 8.16. The topological polar surface area (TPSA) is 53.0 Å². The fraction of sp³-hybridized carbons (Fsp3) is 0.458. The molecule has 1 saturated heterocycles. The van der Waals surface area contributed by atoms with E-state index in [4.69, 9.17) is 4.74 Å². The summed E-state index contributed by atoms with van der Waals surface area (Å²) < 4.78 is 5.70. The van der Waals surface area contributed by atoms with Gasteiger partial charge in [-0.05, 0) is 63.4 Å². The van der Waals surface area contributed by atoms with Gasteiger partial charge in [-0.3, -0.25) is 9.69 Å². The van der Waals surface area contributed by atoms with Crippen LogP contribution in [-0.2, 0) is 11.3 Å². The largest absolute Gasteiger partial charge is 0.491 e. The number of aliphatic carboxylic acids is 1. The highest BCUT2D eigenvalue weighted by molar-refractivity contribution is 5.69. The van der Waals surface area contributed by atoms with Crippen molar-refractivity contribution in [1.29, 1.82) is 0 Å². The number of anilines is 1. The third kappa shape index (κ3) is 6.23. The van der Waals surface area contributed by atoms with Crippen LogP contribution in [0.5, 0.6) is 5.75 Å². The summed E-state index contributed by atoms with van der Waals surface area (Å²) in [5.74, 6) is 0.0747. The molecule has 1 fully saturated rings. The Labute approximate surface area is 173 Å². The lowest BCUT2D eigenvalue weighted by Gasteiger charge is -2.39. The van der Waals surface area contributed by atoms with E-state index in [1.54, 1.807) is 0 Å². The van der Waals surface area contributed by atoms with Gasteiger partial charge < -0.3 is 14.7 Å². The zero-order chi connectivity index (χ0) is 20.8. The molecule has 0 radical (unpaired) electrons. The molecule has 0 aliphatic carbocycles. The molecule has 156 valence electrons. The first-order valence-corrected chi connectivity index (χ1v) is 10.4. The van der Waals surface area contributed by atoms with Crippen LogP contribution < -0.4 is 9.64 Å². The predicted molar refractivity (Wildman–Crippen MR) is 117 cm³/mol. The lowest BCUT2D eigenvalue weighted by molar-refractivity contribution is -0.139. The van der Waals surface area contributed by atoms with Gasteiger partial charge in [-0.15, -0.1) is 0 Å². The Morgan fingerprint density at radius 2 is 1.72 bits per heavy atom. The summed E-state index contributed by atoms with van der Waals surface area (Å²) in [6.07, 6.45) is 2.08. The van der Waals surface area contributed by atoms with Crippen molar-refractivity contribution in [2.45, 2.75) is 52.3 Å². The molecule has 0 unspecified atom stereocenters. The van der Waals surface area contributed by atoms with Gasteiger partial charge in [0.05, 0.1) is 12.6 Å². The molecule has 5 heteroatoms. The molecule has 0 bridgehead atoms. The van der Waals surface area contributed by atoms with Crippen molar-refractivity contribution in [3.8, 4) is 5.75 Å². The highest BCUT2D eigenvalue weighted by atomic mass is 16.5. The maximum atomic E-state index is 11.5. The van der Waals surface area contributed by atoms with Gasteiger partial charge in [0.25, 0.3) is 0 Å². The van der Waals surface area contributed by atoms with Gasteiger partial charge >= 0.3 is 5.97 Å². The van der Waals surface area contributed by atoms with Crippen molar-refractivity contribution in [2.75, 3.05) is 24.5 Å². The van der Waals surface area contributed by atoms with E-state index in [9.17, 15) is 9.90 Å². The summed E-state index contributed by atoms with van der Waals surface area (Å²) in [7, 11) is 0. The Balaban J connectivity index is 1.61. The first-order valence-electron chi connectivity index (χ1n) is 10.4. The molecular weight excluding hydrogens is 364 g/mol. The minimum Gasteiger partial charge on any atom is -0.491 e. The number of hydrogen-bond donors (Lipinski definition) is 1. The number of carboxylic acid groups (broad SMARTS) is 1.